The number of para-hydroxylation sites is 2. The van der Waals surface area contributed by atoms with Gasteiger partial charge in [0.05, 0.1) is 22.6 Å². The second-order valence-electron chi connectivity index (χ2n) is 6.09. The Morgan fingerprint density at radius 1 is 1.03 bits per heavy atom. The van der Waals surface area contributed by atoms with Gasteiger partial charge in [-0.1, -0.05) is 47.1 Å². The van der Waals surface area contributed by atoms with Gasteiger partial charge in [0.25, 0.3) is 15.6 Å². The first-order valence-corrected chi connectivity index (χ1v) is 10.3. The number of H-pyrrole nitrogens is 2. The molecule has 0 radical (unpaired) electrons. The van der Waals surface area contributed by atoms with Crippen molar-refractivity contribution in [3.63, 3.8) is 0 Å². The summed E-state index contributed by atoms with van der Waals surface area (Å²) in [5.41, 5.74) is -0.252. The summed E-state index contributed by atoms with van der Waals surface area (Å²) in [6.07, 6.45) is 2.43. The topological polar surface area (TPSA) is 143 Å². The van der Waals surface area contributed by atoms with E-state index >= 15 is 0 Å². The number of anilines is 1. The van der Waals surface area contributed by atoms with Crippen LogP contribution in [0.5, 0.6) is 0 Å². The lowest BCUT2D eigenvalue weighted by Gasteiger charge is -2.10. The van der Waals surface area contributed by atoms with Crippen LogP contribution in [0.4, 0.5) is 5.69 Å². The Kier molecular flexibility index (Phi) is 4.98. The van der Waals surface area contributed by atoms with Gasteiger partial charge in [-0.2, -0.15) is 0 Å². The zero-order chi connectivity index (χ0) is 21.3. The van der Waals surface area contributed by atoms with Crippen molar-refractivity contribution in [1.29, 1.82) is 0 Å². The molecule has 0 atom stereocenters. The molecule has 2 heterocycles. The molecule has 0 saturated heterocycles. The van der Waals surface area contributed by atoms with Gasteiger partial charge in [-0.3, -0.25) is 14.5 Å². The standard InChI is InChI=1S/C18H13ClN6O4S/c19-12-6-2-4-8-15(12)25-10-14(22-24-25)11-5-1-3-7-13(11)23-30(28,29)16-9-20-18(27)21-17(16)26/h1-10,23H,(H2,20,21,26,27). The molecule has 0 amide bonds. The van der Waals surface area contributed by atoms with Crippen molar-refractivity contribution in [3.05, 3.63) is 86.8 Å². The number of benzene rings is 2. The molecule has 12 heteroatoms. The number of sulfonamides is 1. The van der Waals surface area contributed by atoms with Crippen LogP contribution in [0.3, 0.4) is 0 Å². The Labute approximate surface area is 174 Å². The smallest absolute Gasteiger partial charge is 0.313 e. The Hall–Kier alpha value is -3.70. The molecule has 0 aliphatic rings. The van der Waals surface area contributed by atoms with E-state index < -0.39 is 26.2 Å². The summed E-state index contributed by atoms with van der Waals surface area (Å²) < 4.78 is 29.2. The highest BCUT2D eigenvalue weighted by Crippen LogP contribution is 2.29. The van der Waals surface area contributed by atoms with E-state index in [0.717, 1.165) is 6.20 Å². The number of hydrogen-bond donors (Lipinski definition) is 3. The molecule has 0 spiro atoms. The molecule has 2 aromatic heterocycles. The Balaban J connectivity index is 1.73. The molecule has 30 heavy (non-hydrogen) atoms. The fourth-order valence-corrected chi connectivity index (χ4v) is 4.04. The molecule has 4 aromatic rings. The number of hydrogen-bond acceptors (Lipinski definition) is 6. The molecule has 0 aliphatic heterocycles. The summed E-state index contributed by atoms with van der Waals surface area (Å²) in [4.78, 5) is 26.4. The molecule has 0 fully saturated rings. The number of nitrogens with one attached hydrogen (secondary N) is 3. The molecule has 0 unspecified atom stereocenters. The predicted molar refractivity (Wildman–Crippen MR) is 110 cm³/mol. The van der Waals surface area contributed by atoms with Gasteiger partial charge in [-0.15, -0.1) is 5.10 Å². The third-order valence-corrected chi connectivity index (χ3v) is 5.81. The molecule has 152 valence electrons. The maximum Gasteiger partial charge on any atom is 0.325 e. The molecular weight excluding hydrogens is 432 g/mol. The van der Waals surface area contributed by atoms with Gasteiger partial charge in [0, 0.05) is 11.8 Å². The first-order chi connectivity index (χ1) is 14.3. The molecular formula is C18H13ClN6O4S. The van der Waals surface area contributed by atoms with Gasteiger partial charge in [0.15, 0.2) is 4.90 Å². The second-order valence-corrected chi connectivity index (χ2v) is 8.15. The molecule has 2 aromatic carbocycles. The van der Waals surface area contributed by atoms with E-state index in [4.69, 9.17) is 11.6 Å². The number of halogens is 1. The van der Waals surface area contributed by atoms with Gasteiger partial charge < -0.3 is 4.98 Å². The summed E-state index contributed by atoms with van der Waals surface area (Å²) >= 11 is 6.19. The third kappa shape index (κ3) is 3.75. The van der Waals surface area contributed by atoms with Crippen LogP contribution >= 0.6 is 11.6 Å². The molecule has 10 nitrogen and oxygen atoms in total. The van der Waals surface area contributed by atoms with Crippen molar-refractivity contribution in [2.24, 2.45) is 0 Å². The zero-order valence-corrected chi connectivity index (χ0v) is 16.6. The Bertz CT molecular complexity index is 1460. The normalized spacial score (nSPS) is 11.4. The van der Waals surface area contributed by atoms with Crippen LogP contribution in [0.2, 0.25) is 5.02 Å². The molecule has 0 bridgehead atoms. The predicted octanol–water partition coefficient (Wildman–Crippen LogP) is 1.77. The van der Waals surface area contributed by atoms with E-state index in [-0.39, 0.29) is 5.69 Å². The van der Waals surface area contributed by atoms with Crippen LogP contribution in [0, 0.1) is 0 Å². The minimum absolute atomic E-state index is 0.175. The quantitative estimate of drug-likeness (QED) is 0.428. The number of rotatable bonds is 5. The SMILES string of the molecule is O=c1[nH]cc(S(=O)(=O)Nc2ccccc2-c2cn(-c3ccccc3Cl)nn2)c(=O)[nH]1. The lowest BCUT2D eigenvalue weighted by Crippen LogP contribution is -2.29. The van der Waals surface area contributed by atoms with Crippen molar-refractivity contribution >= 4 is 27.3 Å². The maximum absolute atomic E-state index is 12.7. The van der Waals surface area contributed by atoms with Gasteiger partial charge >= 0.3 is 5.69 Å². The molecule has 0 saturated carbocycles. The van der Waals surface area contributed by atoms with Crippen molar-refractivity contribution in [2.45, 2.75) is 4.90 Å². The number of nitrogens with zero attached hydrogens (tertiary/aromatic N) is 3. The highest BCUT2D eigenvalue weighted by molar-refractivity contribution is 7.92. The van der Waals surface area contributed by atoms with Crippen molar-refractivity contribution in [3.8, 4) is 16.9 Å². The summed E-state index contributed by atoms with van der Waals surface area (Å²) in [7, 11) is -4.28. The summed E-state index contributed by atoms with van der Waals surface area (Å²) in [6.45, 7) is 0. The van der Waals surface area contributed by atoms with Gasteiger partial charge in [0.2, 0.25) is 0 Å². The summed E-state index contributed by atoms with van der Waals surface area (Å²) in [5, 5.41) is 8.63. The lowest BCUT2D eigenvalue weighted by atomic mass is 10.1. The minimum Gasteiger partial charge on any atom is -0.313 e. The van der Waals surface area contributed by atoms with Gasteiger partial charge in [-0.05, 0) is 18.2 Å². The first kappa shape index (κ1) is 19.6. The summed E-state index contributed by atoms with van der Waals surface area (Å²) in [5.74, 6) is 0. The average molecular weight is 445 g/mol. The van der Waals surface area contributed by atoms with Crippen LogP contribution in [0.25, 0.3) is 16.9 Å². The van der Waals surface area contributed by atoms with Gasteiger partial charge in [0.1, 0.15) is 5.69 Å². The number of aromatic nitrogens is 5. The fraction of sp³-hybridized carbons (Fsp3) is 0. The molecule has 4 rings (SSSR count). The van der Waals surface area contributed by atoms with Crippen molar-refractivity contribution in [1.82, 2.24) is 25.0 Å². The second kappa shape index (κ2) is 7.61. The number of aromatic amines is 2. The van der Waals surface area contributed by atoms with E-state index in [9.17, 15) is 18.0 Å². The zero-order valence-electron chi connectivity index (χ0n) is 15.0. The fourth-order valence-electron chi connectivity index (χ4n) is 2.73. The van der Waals surface area contributed by atoms with E-state index in [1.807, 2.05) is 4.98 Å². The highest BCUT2D eigenvalue weighted by Gasteiger charge is 2.21. The summed E-state index contributed by atoms with van der Waals surface area (Å²) in [6, 6.07) is 13.5. The van der Waals surface area contributed by atoms with E-state index in [0.29, 0.717) is 22.0 Å². The Morgan fingerprint density at radius 3 is 2.53 bits per heavy atom. The largest absolute Gasteiger partial charge is 0.325 e. The molecule has 0 aliphatic carbocycles. The van der Waals surface area contributed by atoms with Crippen LogP contribution < -0.4 is 16.0 Å². The minimum atomic E-state index is -4.28. The maximum atomic E-state index is 12.7. The van der Waals surface area contributed by atoms with E-state index in [2.05, 4.69) is 20.0 Å². The van der Waals surface area contributed by atoms with Gasteiger partial charge in [-0.25, -0.2) is 17.9 Å². The monoisotopic (exact) mass is 444 g/mol. The van der Waals surface area contributed by atoms with Crippen LogP contribution in [0.15, 0.2) is 75.4 Å². The van der Waals surface area contributed by atoms with Crippen molar-refractivity contribution in [2.75, 3.05) is 4.72 Å². The molecule has 3 N–H and O–H groups in total. The lowest BCUT2D eigenvalue weighted by molar-refractivity contribution is 0.599. The van der Waals surface area contributed by atoms with Crippen LogP contribution in [-0.4, -0.2) is 33.4 Å². The van der Waals surface area contributed by atoms with Crippen LogP contribution in [0.1, 0.15) is 0 Å². The van der Waals surface area contributed by atoms with E-state index in [1.54, 1.807) is 48.7 Å². The first-order valence-electron chi connectivity index (χ1n) is 8.46. The Morgan fingerprint density at radius 2 is 1.77 bits per heavy atom. The van der Waals surface area contributed by atoms with Crippen molar-refractivity contribution < 1.29 is 8.42 Å². The highest BCUT2D eigenvalue weighted by atomic mass is 35.5. The third-order valence-electron chi connectivity index (χ3n) is 4.11. The van der Waals surface area contributed by atoms with Crippen LogP contribution in [-0.2, 0) is 10.0 Å². The average Bonchev–Trinajstić information content (AvgIpc) is 3.18. The van der Waals surface area contributed by atoms with E-state index in [1.165, 1.54) is 10.7 Å².